The van der Waals surface area contributed by atoms with Gasteiger partial charge in [-0.1, -0.05) is 29.3 Å². The van der Waals surface area contributed by atoms with E-state index in [9.17, 15) is 0 Å². The predicted molar refractivity (Wildman–Crippen MR) is 73.2 cm³/mol. The monoisotopic (exact) mass is 287 g/mol. The molecule has 0 saturated carbocycles. The molecule has 1 atom stereocenters. The van der Waals surface area contributed by atoms with Crippen molar-refractivity contribution in [2.75, 3.05) is 6.54 Å². The fraction of sp³-hybridized carbons (Fsp3) is 0.167. The van der Waals surface area contributed by atoms with Gasteiger partial charge in [0.05, 0.1) is 4.34 Å². The van der Waals surface area contributed by atoms with E-state index in [1.165, 1.54) is 11.3 Å². The van der Waals surface area contributed by atoms with Gasteiger partial charge in [-0.3, -0.25) is 0 Å². The van der Waals surface area contributed by atoms with Gasteiger partial charge >= 0.3 is 0 Å². The molecule has 0 spiro atoms. The van der Waals surface area contributed by atoms with E-state index in [2.05, 4.69) is 0 Å². The Morgan fingerprint density at radius 3 is 2.65 bits per heavy atom. The molecule has 1 unspecified atom stereocenters. The van der Waals surface area contributed by atoms with Crippen LogP contribution in [0.5, 0.6) is 5.75 Å². The number of rotatable bonds is 4. The van der Waals surface area contributed by atoms with Crippen molar-refractivity contribution in [1.82, 2.24) is 0 Å². The number of hydrogen-bond acceptors (Lipinski definition) is 3. The largest absolute Gasteiger partial charge is 0.484 e. The van der Waals surface area contributed by atoms with Crippen molar-refractivity contribution in [3.05, 3.63) is 50.6 Å². The lowest BCUT2D eigenvalue weighted by Gasteiger charge is -2.16. The van der Waals surface area contributed by atoms with Crippen molar-refractivity contribution in [1.29, 1.82) is 0 Å². The van der Waals surface area contributed by atoms with Gasteiger partial charge in [0, 0.05) is 16.4 Å². The van der Waals surface area contributed by atoms with Gasteiger partial charge < -0.3 is 10.5 Å². The van der Waals surface area contributed by atoms with E-state index in [0.29, 0.717) is 17.3 Å². The Bertz CT molecular complexity index is 501. The summed E-state index contributed by atoms with van der Waals surface area (Å²) in [5.41, 5.74) is 5.71. The molecule has 17 heavy (non-hydrogen) atoms. The molecule has 2 rings (SSSR count). The van der Waals surface area contributed by atoms with Crippen LogP contribution in [0.15, 0.2) is 36.4 Å². The lowest BCUT2D eigenvalue weighted by atomic mass is 10.3. The number of benzene rings is 1. The molecule has 90 valence electrons. The zero-order valence-corrected chi connectivity index (χ0v) is 11.2. The van der Waals surface area contributed by atoms with E-state index in [0.717, 1.165) is 9.21 Å². The second-order valence-corrected chi connectivity index (χ2v) is 5.62. The number of nitrogens with two attached hydrogens (primary N) is 1. The SMILES string of the molecule is NCC(Oc1cccc(Cl)c1)c1ccc(Cl)s1. The summed E-state index contributed by atoms with van der Waals surface area (Å²) < 4.78 is 6.52. The van der Waals surface area contributed by atoms with Gasteiger partial charge in [-0.15, -0.1) is 11.3 Å². The van der Waals surface area contributed by atoms with E-state index in [-0.39, 0.29) is 6.10 Å². The van der Waals surface area contributed by atoms with Gasteiger partial charge in [-0.2, -0.15) is 0 Å². The lowest BCUT2D eigenvalue weighted by Crippen LogP contribution is -2.17. The normalized spacial score (nSPS) is 12.4. The van der Waals surface area contributed by atoms with Crippen molar-refractivity contribution in [2.45, 2.75) is 6.10 Å². The highest BCUT2D eigenvalue weighted by Gasteiger charge is 2.14. The van der Waals surface area contributed by atoms with Crippen LogP contribution >= 0.6 is 34.5 Å². The second-order valence-electron chi connectivity index (χ2n) is 3.44. The second kappa shape index (κ2) is 5.74. The molecular weight excluding hydrogens is 277 g/mol. The van der Waals surface area contributed by atoms with Crippen LogP contribution < -0.4 is 10.5 Å². The van der Waals surface area contributed by atoms with Gasteiger partial charge in [0.2, 0.25) is 0 Å². The third kappa shape index (κ3) is 3.36. The van der Waals surface area contributed by atoms with Crippen LogP contribution in [0, 0.1) is 0 Å². The molecule has 1 heterocycles. The summed E-state index contributed by atoms with van der Waals surface area (Å²) in [5, 5.41) is 0.641. The fourth-order valence-corrected chi connectivity index (χ4v) is 2.71. The first kappa shape index (κ1) is 12.7. The molecule has 2 nitrogen and oxygen atoms in total. The average molecular weight is 288 g/mol. The summed E-state index contributed by atoms with van der Waals surface area (Å²) in [6, 6.07) is 11.0. The number of thiophene rings is 1. The van der Waals surface area contributed by atoms with Crippen LogP contribution in [0.2, 0.25) is 9.36 Å². The maximum absolute atomic E-state index is 5.89. The van der Waals surface area contributed by atoms with Crippen molar-refractivity contribution in [3.8, 4) is 5.75 Å². The maximum Gasteiger partial charge on any atom is 0.145 e. The Labute approximate surface area is 114 Å². The van der Waals surface area contributed by atoms with Crippen molar-refractivity contribution in [3.63, 3.8) is 0 Å². The van der Waals surface area contributed by atoms with Crippen LogP contribution in [0.3, 0.4) is 0 Å². The first-order chi connectivity index (χ1) is 8.19. The molecule has 0 fully saturated rings. The van der Waals surface area contributed by atoms with E-state index in [1.807, 2.05) is 24.3 Å². The zero-order chi connectivity index (χ0) is 12.3. The number of halogens is 2. The van der Waals surface area contributed by atoms with E-state index in [4.69, 9.17) is 33.7 Å². The standard InChI is InChI=1S/C12H11Cl2NOS/c13-8-2-1-3-9(6-8)16-10(7-15)11-4-5-12(14)17-11/h1-6,10H,7,15H2. The molecule has 0 aliphatic carbocycles. The third-order valence-electron chi connectivity index (χ3n) is 2.20. The smallest absolute Gasteiger partial charge is 0.145 e. The van der Waals surface area contributed by atoms with Crippen molar-refractivity contribution in [2.24, 2.45) is 5.73 Å². The minimum Gasteiger partial charge on any atom is -0.484 e. The third-order valence-corrected chi connectivity index (χ3v) is 3.76. The minimum absolute atomic E-state index is 0.189. The zero-order valence-electron chi connectivity index (χ0n) is 8.90. The topological polar surface area (TPSA) is 35.2 Å². The molecule has 1 aromatic carbocycles. The molecule has 0 aliphatic rings. The highest BCUT2D eigenvalue weighted by Crippen LogP contribution is 2.30. The molecule has 0 bridgehead atoms. The Morgan fingerprint density at radius 2 is 2.06 bits per heavy atom. The molecule has 0 aliphatic heterocycles. The molecule has 0 radical (unpaired) electrons. The van der Waals surface area contributed by atoms with Crippen molar-refractivity contribution >= 4 is 34.5 Å². The van der Waals surface area contributed by atoms with Gasteiger partial charge in [0.1, 0.15) is 11.9 Å². The van der Waals surface area contributed by atoms with Gasteiger partial charge in [0.25, 0.3) is 0 Å². The van der Waals surface area contributed by atoms with Crippen LogP contribution in [0.1, 0.15) is 11.0 Å². The van der Waals surface area contributed by atoms with Crippen LogP contribution in [-0.2, 0) is 0 Å². The Morgan fingerprint density at radius 1 is 1.24 bits per heavy atom. The quantitative estimate of drug-likeness (QED) is 0.918. The summed E-state index contributed by atoms with van der Waals surface area (Å²) in [4.78, 5) is 1.01. The highest BCUT2D eigenvalue weighted by molar-refractivity contribution is 7.16. The molecule has 1 aromatic heterocycles. The van der Waals surface area contributed by atoms with Crippen LogP contribution in [0.4, 0.5) is 0 Å². The van der Waals surface area contributed by atoms with Gasteiger partial charge in [-0.25, -0.2) is 0 Å². The molecule has 5 heteroatoms. The summed E-state index contributed by atoms with van der Waals surface area (Å²) in [7, 11) is 0. The summed E-state index contributed by atoms with van der Waals surface area (Å²) in [5.74, 6) is 0.706. The maximum atomic E-state index is 5.89. The first-order valence-electron chi connectivity index (χ1n) is 5.06. The Balaban J connectivity index is 2.15. The van der Waals surface area contributed by atoms with E-state index < -0.39 is 0 Å². The molecule has 2 N–H and O–H groups in total. The molecular formula is C12H11Cl2NOS. The highest BCUT2D eigenvalue weighted by atomic mass is 35.5. The Hall–Kier alpha value is -0.740. The average Bonchev–Trinajstić information content (AvgIpc) is 2.73. The van der Waals surface area contributed by atoms with Crippen LogP contribution in [0.25, 0.3) is 0 Å². The number of hydrogen-bond donors (Lipinski definition) is 1. The molecule has 0 saturated heterocycles. The summed E-state index contributed by atoms with van der Waals surface area (Å²) in [6.07, 6.45) is -0.189. The van der Waals surface area contributed by atoms with Gasteiger partial charge in [0.15, 0.2) is 0 Å². The van der Waals surface area contributed by atoms with Crippen molar-refractivity contribution < 1.29 is 4.74 Å². The molecule has 0 amide bonds. The molecule has 2 aromatic rings. The first-order valence-corrected chi connectivity index (χ1v) is 6.64. The summed E-state index contributed by atoms with van der Waals surface area (Å²) in [6.45, 7) is 0.392. The van der Waals surface area contributed by atoms with Crippen LogP contribution in [-0.4, -0.2) is 6.54 Å². The Kier molecular flexibility index (Phi) is 4.29. The predicted octanol–water partition coefficient (Wildman–Crippen LogP) is 4.13. The minimum atomic E-state index is -0.189. The van der Waals surface area contributed by atoms with Gasteiger partial charge in [-0.05, 0) is 30.3 Å². The van der Waals surface area contributed by atoms with E-state index in [1.54, 1.807) is 12.1 Å². The summed E-state index contributed by atoms with van der Waals surface area (Å²) >= 11 is 13.3. The fourth-order valence-electron chi connectivity index (χ4n) is 1.43. The van der Waals surface area contributed by atoms with E-state index >= 15 is 0 Å². The lowest BCUT2D eigenvalue weighted by molar-refractivity contribution is 0.218. The number of ether oxygens (including phenoxy) is 1.